The van der Waals surface area contributed by atoms with Crippen LogP contribution >= 0.6 is 11.6 Å². The van der Waals surface area contributed by atoms with Gasteiger partial charge in [0.2, 0.25) is 5.91 Å². The van der Waals surface area contributed by atoms with Crippen molar-refractivity contribution in [1.29, 1.82) is 0 Å². The van der Waals surface area contributed by atoms with Gasteiger partial charge in [-0.05, 0) is 74.9 Å². The van der Waals surface area contributed by atoms with Gasteiger partial charge in [0.1, 0.15) is 11.5 Å². The highest BCUT2D eigenvalue weighted by Gasteiger charge is 2.24. The summed E-state index contributed by atoms with van der Waals surface area (Å²) in [5, 5.41) is 3.09. The highest BCUT2D eigenvalue weighted by molar-refractivity contribution is 6.32. The molecular formula is C26H31ClN2O5. The van der Waals surface area contributed by atoms with Crippen molar-refractivity contribution in [2.24, 2.45) is 11.7 Å². The minimum absolute atomic E-state index is 0.0508. The first-order valence-corrected chi connectivity index (χ1v) is 11.9. The summed E-state index contributed by atoms with van der Waals surface area (Å²) in [4.78, 5) is 36.9. The summed E-state index contributed by atoms with van der Waals surface area (Å²) < 4.78 is 11.4. The number of hydrogen-bond donors (Lipinski definition) is 2. The molecule has 2 aromatic carbocycles. The number of benzene rings is 2. The monoisotopic (exact) mass is 486 g/mol. The first kappa shape index (κ1) is 25.6. The van der Waals surface area contributed by atoms with Gasteiger partial charge in [-0.25, -0.2) is 0 Å². The zero-order valence-corrected chi connectivity index (χ0v) is 20.3. The van der Waals surface area contributed by atoms with E-state index in [2.05, 4.69) is 5.32 Å². The molecule has 0 aliphatic heterocycles. The van der Waals surface area contributed by atoms with Crippen molar-refractivity contribution < 1.29 is 23.9 Å². The zero-order valence-electron chi connectivity index (χ0n) is 19.5. The van der Waals surface area contributed by atoms with Gasteiger partial charge in [-0.1, -0.05) is 23.7 Å². The number of halogens is 1. The van der Waals surface area contributed by atoms with Crippen molar-refractivity contribution in [3.8, 4) is 11.5 Å². The molecule has 0 unspecified atom stereocenters. The molecule has 0 heterocycles. The molecule has 1 aliphatic rings. The molecule has 0 spiro atoms. The van der Waals surface area contributed by atoms with E-state index in [4.69, 9.17) is 26.8 Å². The molecule has 0 aromatic heterocycles. The SMILES string of the molecule is CC(C)Oc1ccc(C(=O)N[C@@H](Cc2ccc(OCC3CC3)cc2)C(=O)CCC(N)=O)cc1Cl. The van der Waals surface area contributed by atoms with Gasteiger partial charge in [0.25, 0.3) is 5.91 Å². The van der Waals surface area contributed by atoms with Crippen LogP contribution < -0.4 is 20.5 Å². The molecule has 7 nitrogen and oxygen atoms in total. The third-order valence-electron chi connectivity index (χ3n) is 5.41. The minimum atomic E-state index is -0.824. The molecule has 1 aliphatic carbocycles. The third-order valence-corrected chi connectivity index (χ3v) is 5.71. The second-order valence-electron chi connectivity index (χ2n) is 8.87. The van der Waals surface area contributed by atoms with Crippen LogP contribution in [0.25, 0.3) is 0 Å². The molecule has 2 amide bonds. The number of ether oxygens (including phenoxy) is 2. The number of Topliss-reactive ketones (excluding diaryl/α,β-unsaturated/α-hetero) is 1. The van der Waals surface area contributed by atoms with E-state index in [0.29, 0.717) is 28.9 Å². The molecule has 34 heavy (non-hydrogen) atoms. The van der Waals surface area contributed by atoms with E-state index in [1.165, 1.54) is 18.9 Å². The molecule has 1 atom stereocenters. The number of nitrogens with two attached hydrogens (primary N) is 1. The van der Waals surface area contributed by atoms with E-state index < -0.39 is 17.9 Å². The summed E-state index contributed by atoms with van der Waals surface area (Å²) in [5.41, 5.74) is 6.36. The molecule has 3 rings (SSSR count). The number of carbonyl (C=O) groups excluding carboxylic acids is 3. The fraction of sp³-hybridized carbons (Fsp3) is 0.423. The second kappa shape index (κ2) is 11.9. The standard InChI is InChI=1S/C26H31ClN2O5/c1-16(2)34-24-11-7-19(14-21(24)27)26(32)29-22(23(30)10-12-25(28)31)13-17-5-8-20(9-6-17)33-15-18-3-4-18/h5-9,11,14,16,18,22H,3-4,10,12-13,15H2,1-2H3,(H2,28,31)(H,29,32)/t22-/m0/s1. The Morgan fingerprint density at radius 3 is 2.38 bits per heavy atom. The Hall–Kier alpha value is -3.06. The topological polar surface area (TPSA) is 108 Å². The summed E-state index contributed by atoms with van der Waals surface area (Å²) in [5.74, 6) is 0.623. The van der Waals surface area contributed by atoms with Gasteiger partial charge >= 0.3 is 0 Å². The lowest BCUT2D eigenvalue weighted by Crippen LogP contribution is -2.42. The van der Waals surface area contributed by atoms with Gasteiger partial charge in [0.15, 0.2) is 5.78 Å². The molecule has 3 N–H and O–H groups in total. The lowest BCUT2D eigenvalue weighted by molar-refractivity contribution is -0.124. The summed E-state index contributed by atoms with van der Waals surface area (Å²) in [6.45, 7) is 4.48. The Kier molecular flexibility index (Phi) is 8.93. The number of primary amides is 1. The molecule has 0 radical (unpaired) electrons. The van der Waals surface area contributed by atoms with E-state index in [1.807, 2.05) is 38.1 Å². The van der Waals surface area contributed by atoms with Crippen molar-refractivity contribution in [2.75, 3.05) is 6.61 Å². The predicted molar refractivity (Wildman–Crippen MR) is 130 cm³/mol. The smallest absolute Gasteiger partial charge is 0.251 e. The van der Waals surface area contributed by atoms with Crippen LogP contribution in [-0.2, 0) is 16.0 Å². The van der Waals surface area contributed by atoms with Gasteiger partial charge in [0, 0.05) is 18.4 Å². The Morgan fingerprint density at radius 2 is 1.79 bits per heavy atom. The Labute approximate surface area is 204 Å². The van der Waals surface area contributed by atoms with Gasteiger partial charge in [-0.2, -0.15) is 0 Å². The summed E-state index contributed by atoms with van der Waals surface area (Å²) in [6, 6.07) is 11.4. The van der Waals surface area contributed by atoms with Crippen molar-refractivity contribution >= 4 is 29.2 Å². The molecule has 1 fully saturated rings. The number of ketones is 1. The third kappa shape index (κ3) is 8.06. The van der Waals surface area contributed by atoms with Crippen LogP contribution in [0.2, 0.25) is 5.02 Å². The molecule has 0 saturated heterocycles. The fourth-order valence-electron chi connectivity index (χ4n) is 3.36. The number of rotatable bonds is 13. The number of carbonyl (C=O) groups is 3. The molecule has 2 aromatic rings. The van der Waals surface area contributed by atoms with Crippen LogP contribution in [0.15, 0.2) is 42.5 Å². The fourth-order valence-corrected chi connectivity index (χ4v) is 3.58. The largest absolute Gasteiger partial charge is 0.493 e. The van der Waals surface area contributed by atoms with Crippen molar-refractivity contribution in [3.05, 3.63) is 58.6 Å². The van der Waals surface area contributed by atoms with Crippen LogP contribution in [-0.4, -0.2) is 36.4 Å². The maximum atomic E-state index is 12.9. The Balaban J connectivity index is 1.69. The van der Waals surface area contributed by atoms with E-state index in [-0.39, 0.29) is 31.1 Å². The van der Waals surface area contributed by atoms with E-state index in [9.17, 15) is 14.4 Å². The van der Waals surface area contributed by atoms with Gasteiger partial charge in [-0.15, -0.1) is 0 Å². The van der Waals surface area contributed by atoms with E-state index in [1.54, 1.807) is 12.1 Å². The minimum Gasteiger partial charge on any atom is -0.493 e. The molecule has 182 valence electrons. The molecular weight excluding hydrogens is 456 g/mol. The first-order chi connectivity index (χ1) is 16.2. The van der Waals surface area contributed by atoms with Crippen molar-refractivity contribution in [1.82, 2.24) is 5.32 Å². The lowest BCUT2D eigenvalue weighted by atomic mass is 9.98. The summed E-state index contributed by atoms with van der Waals surface area (Å²) >= 11 is 6.26. The molecule has 0 bridgehead atoms. The maximum Gasteiger partial charge on any atom is 0.251 e. The van der Waals surface area contributed by atoms with Crippen molar-refractivity contribution in [3.63, 3.8) is 0 Å². The van der Waals surface area contributed by atoms with Crippen molar-refractivity contribution in [2.45, 2.75) is 58.1 Å². The summed E-state index contributed by atoms with van der Waals surface area (Å²) in [6.07, 6.45) is 2.51. The van der Waals surface area contributed by atoms with Crippen LogP contribution in [0.1, 0.15) is 55.5 Å². The second-order valence-corrected chi connectivity index (χ2v) is 9.28. The molecule has 8 heteroatoms. The maximum absolute atomic E-state index is 12.9. The van der Waals surface area contributed by atoms with Crippen LogP contribution in [0, 0.1) is 5.92 Å². The van der Waals surface area contributed by atoms with Crippen LogP contribution in [0.4, 0.5) is 0 Å². The van der Waals surface area contributed by atoms with E-state index in [0.717, 1.165) is 11.3 Å². The summed E-state index contributed by atoms with van der Waals surface area (Å²) in [7, 11) is 0. The zero-order chi connectivity index (χ0) is 24.7. The number of hydrogen-bond acceptors (Lipinski definition) is 5. The Morgan fingerprint density at radius 1 is 1.09 bits per heavy atom. The first-order valence-electron chi connectivity index (χ1n) is 11.5. The number of amides is 2. The van der Waals surface area contributed by atoms with Gasteiger partial charge in [0.05, 0.1) is 23.8 Å². The molecule has 1 saturated carbocycles. The normalized spacial score (nSPS) is 13.9. The van der Waals surface area contributed by atoms with Crippen LogP contribution in [0.3, 0.4) is 0 Å². The predicted octanol–water partition coefficient (Wildman–Crippen LogP) is 4.09. The Bertz CT molecular complexity index is 1020. The number of nitrogens with one attached hydrogen (secondary N) is 1. The highest BCUT2D eigenvalue weighted by Crippen LogP contribution is 2.29. The van der Waals surface area contributed by atoms with Gasteiger partial charge in [-0.3, -0.25) is 14.4 Å². The lowest BCUT2D eigenvalue weighted by Gasteiger charge is -2.19. The quantitative estimate of drug-likeness (QED) is 0.443. The average molecular weight is 487 g/mol. The average Bonchev–Trinajstić information content (AvgIpc) is 3.62. The van der Waals surface area contributed by atoms with E-state index >= 15 is 0 Å². The van der Waals surface area contributed by atoms with Crippen LogP contribution in [0.5, 0.6) is 11.5 Å². The highest BCUT2D eigenvalue weighted by atomic mass is 35.5. The van der Waals surface area contributed by atoms with Gasteiger partial charge < -0.3 is 20.5 Å².